The normalized spacial score (nSPS) is 25.0. The second-order valence-corrected chi connectivity index (χ2v) is 6.48. The molecule has 2 aromatic rings. The van der Waals surface area contributed by atoms with Crippen LogP contribution >= 0.6 is 11.8 Å². The molecule has 2 atom stereocenters. The first-order valence-corrected chi connectivity index (χ1v) is 8.17. The van der Waals surface area contributed by atoms with Gasteiger partial charge in [0.25, 0.3) is 0 Å². The van der Waals surface area contributed by atoms with Crippen LogP contribution in [0.25, 0.3) is 0 Å². The van der Waals surface area contributed by atoms with E-state index in [1.165, 1.54) is 12.0 Å². The van der Waals surface area contributed by atoms with Crippen LogP contribution in [0.5, 0.6) is 0 Å². The predicted octanol–water partition coefficient (Wildman–Crippen LogP) is 1.94. The molecule has 0 bridgehead atoms. The molecule has 1 saturated heterocycles. The van der Waals surface area contributed by atoms with Gasteiger partial charge < -0.3 is 10.2 Å². The summed E-state index contributed by atoms with van der Waals surface area (Å²) in [5.74, 6) is 0.700. The quantitative estimate of drug-likeness (QED) is 0.904. The summed E-state index contributed by atoms with van der Waals surface area (Å²) in [6.45, 7) is 3.23. The first-order chi connectivity index (χ1) is 10.4. The van der Waals surface area contributed by atoms with Crippen molar-refractivity contribution in [2.24, 2.45) is 5.92 Å². The van der Waals surface area contributed by atoms with Crippen molar-refractivity contribution >= 4 is 17.4 Å². The lowest BCUT2D eigenvalue weighted by molar-refractivity contribution is 0.449. The summed E-state index contributed by atoms with van der Waals surface area (Å²) in [6, 6.07) is 0. The van der Waals surface area contributed by atoms with Crippen molar-refractivity contribution in [1.29, 1.82) is 0 Å². The maximum Gasteiger partial charge on any atom is 0.112 e. The molecule has 0 aromatic carbocycles. The zero-order valence-electron chi connectivity index (χ0n) is 11.6. The van der Waals surface area contributed by atoms with Gasteiger partial charge in [0.2, 0.25) is 0 Å². The molecule has 7 heteroatoms. The summed E-state index contributed by atoms with van der Waals surface area (Å²) in [5, 5.41) is 17.2. The van der Waals surface area contributed by atoms with Gasteiger partial charge in [0.05, 0.1) is 18.1 Å². The Bertz CT molecular complexity index is 613. The molecule has 2 N–H and O–H groups in total. The molecule has 6 nitrogen and oxygen atoms in total. The average molecular weight is 302 g/mol. The van der Waals surface area contributed by atoms with Gasteiger partial charge in [0.15, 0.2) is 0 Å². The van der Waals surface area contributed by atoms with E-state index < -0.39 is 0 Å². The number of aromatic nitrogens is 4. The molecule has 1 fully saturated rings. The predicted molar refractivity (Wildman–Crippen MR) is 83.7 cm³/mol. The first kappa shape index (κ1) is 13.0. The molecule has 0 radical (unpaired) electrons. The van der Waals surface area contributed by atoms with Gasteiger partial charge in [-0.3, -0.25) is 9.78 Å². The van der Waals surface area contributed by atoms with Gasteiger partial charge in [0, 0.05) is 30.7 Å². The van der Waals surface area contributed by atoms with Crippen LogP contribution in [0.3, 0.4) is 0 Å². The van der Waals surface area contributed by atoms with E-state index in [-0.39, 0.29) is 5.37 Å². The van der Waals surface area contributed by atoms with Gasteiger partial charge in [-0.2, -0.15) is 10.2 Å². The van der Waals surface area contributed by atoms with Crippen LogP contribution in [0.15, 0.2) is 36.4 Å². The second kappa shape index (κ2) is 5.57. The molecule has 21 heavy (non-hydrogen) atoms. The number of nitrogens with one attached hydrogen (secondary N) is 2. The van der Waals surface area contributed by atoms with E-state index >= 15 is 0 Å². The number of H-pyrrole nitrogens is 1. The van der Waals surface area contributed by atoms with E-state index in [1.54, 1.807) is 11.8 Å². The van der Waals surface area contributed by atoms with Crippen molar-refractivity contribution in [1.82, 2.24) is 25.3 Å². The van der Waals surface area contributed by atoms with E-state index in [1.807, 2.05) is 18.6 Å². The van der Waals surface area contributed by atoms with Crippen molar-refractivity contribution in [2.45, 2.75) is 18.3 Å². The second-order valence-electron chi connectivity index (χ2n) is 5.49. The van der Waals surface area contributed by atoms with Crippen LogP contribution in [-0.2, 0) is 6.54 Å². The molecule has 0 spiro atoms. The maximum atomic E-state index is 4.52. The number of nitrogens with zero attached hydrogens (tertiary/aromatic N) is 4. The molecule has 4 rings (SSSR count). The van der Waals surface area contributed by atoms with Crippen molar-refractivity contribution in [3.63, 3.8) is 0 Å². The summed E-state index contributed by atoms with van der Waals surface area (Å²) in [4.78, 5) is 2.24. The summed E-state index contributed by atoms with van der Waals surface area (Å²) in [7, 11) is 0. The van der Waals surface area contributed by atoms with E-state index in [2.05, 4.69) is 48.0 Å². The SMILES string of the molecule is C1=CN(c2cnn(C[C@@H]3CCNC3)c2)C(c2cn[nH]c2)S1. The van der Waals surface area contributed by atoms with Crippen LogP contribution in [0.1, 0.15) is 17.4 Å². The van der Waals surface area contributed by atoms with Crippen LogP contribution < -0.4 is 10.2 Å². The summed E-state index contributed by atoms with van der Waals surface area (Å²) in [5.41, 5.74) is 2.31. The fourth-order valence-corrected chi connectivity index (χ4v) is 3.86. The molecule has 0 amide bonds. The Hall–Kier alpha value is -1.73. The maximum absolute atomic E-state index is 4.52. The third-order valence-corrected chi connectivity index (χ3v) is 5.05. The Morgan fingerprint density at radius 1 is 1.38 bits per heavy atom. The summed E-state index contributed by atoms with van der Waals surface area (Å²) in [6.07, 6.45) is 11.3. The summed E-state index contributed by atoms with van der Waals surface area (Å²) < 4.78 is 2.07. The van der Waals surface area contributed by atoms with Crippen LogP contribution in [0.4, 0.5) is 5.69 Å². The minimum absolute atomic E-state index is 0.245. The van der Waals surface area contributed by atoms with E-state index in [0.29, 0.717) is 5.92 Å². The van der Waals surface area contributed by atoms with Crippen LogP contribution in [-0.4, -0.2) is 33.1 Å². The zero-order valence-corrected chi connectivity index (χ0v) is 12.5. The Morgan fingerprint density at radius 3 is 3.19 bits per heavy atom. The largest absolute Gasteiger partial charge is 0.328 e. The lowest BCUT2D eigenvalue weighted by atomic mass is 10.1. The molecule has 110 valence electrons. The topological polar surface area (TPSA) is 61.8 Å². The Morgan fingerprint density at radius 2 is 2.38 bits per heavy atom. The van der Waals surface area contributed by atoms with Crippen molar-refractivity contribution in [2.75, 3.05) is 18.0 Å². The third-order valence-electron chi connectivity index (χ3n) is 4.01. The minimum atomic E-state index is 0.245. The molecular formula is C14H18N6S. The number of aromatic amines is 1. The standard InChI is InChI=1S/C14H18N6S/c1-2-15-5-11(1)9-19-10-13(8-18-19)20-3-4-21-14(20)12-6-16-17-7-12/h3-4,6-8,10-11,14-15H,1-2,5,9H2,(H,16,17)/t11-,14?/m1/s1. The third kappa shape index (κ3) is 2.58. The number of thioether (sulfide) groups is 1. The van der Waals surface area contributed by atoms with Gasteiger partial charge in [0.1, 0.15) is 5.37 Å². The molecule has 2 aliphatic rings. The lowest BCUT2D eigenvalue weighted by Gasteiger charge is -2.22. The Balaban J connectivity index is 1.50. The van der Waals surface area contributed by atoms with Gasteiger partial charge >= 0.3 is 0 Å². The van der Waals surface area contributed by atoms with E-state index in [4.69, 9.17) is 0 Å². The molecule has 4 heterocycles. The molecule has 2 aromatic heterocycles. The Kier molecular flexibility index (Phi) is 3.44. The van der Waals surface area contributed by atoms with Crippen molar-refractivity contribution in [3.8, 4) is 0 Å². The smallest absolute Gasteiger partial charge is 0.112 e. The monoisotopic (exact) mass is 302 g/mol. The van der Waals surface area contributed by atoms with Gasteiger partial charge in [-0.15, -0.1) is 11.8 Å². The highest BCUT2D eigenvalue weighted by molar-refractivity contribution is 8.02. The highest BCUT2D eigenvalue weighted by atomic mass is 32.2. The van der Waals surface area contributed by atoms with Gasteiger partial charge in [-0.25, -0.2) is 0 Å². The lowest BCUT2D eigenvalue weighted by Crippen LogP contribution is -2.16. The molecule has 2 aliphatic heterocycles. The average Bonchev–Trinajstić information content (AvgIpc) is 3.28. The molecular weight excluding hydrogens is 284 g/mol. The molecule has 0 saturated carbocycles. The van der Waals surface area contributed by atoms with E-state index in [9.17, 15) is 0 Å². The highest BCUT2D eigenvalue weighted by Crippen LogP contribution is 2.41. The van der Waals surface area contributed by atoms with Gasteiger partial charge in [-0.05, 0) is 30.8 Å². The number of anilines is 1. The van der Waals surface area contributed by atoms with Crippen LogP contribution in [0, 0.1) is 5.92 Å². The Labute approximate surface area is 127 Å². The fraction of sp³-hybridized carbons (Fsp3) is 0.429. The minimum Gasteiger partial charge on any atom is -0.328 e. The molecule has 1 unspecified atom stereocenters. The fourth-order valence-electron chi connectivity index (χ4n) is 2.90. The van der Waals surface area contributed by atoms with Crippen LogP contribution in [0.2, 0.25) is 0 Å². The van der Waals surface area contributed by atoms with Gasteiger partial charge in [-0.1, -0.05) is 0 Å². The molecule has 0 aliphatic carbocycles. The summed E-state index contributed by atoms with van der Waals surface area (Å²) >= 11 is 1.78. The van der Waals surface area contributed by atoms with Crippen molar-refractivity contribution < 1.29 is 0 Å². The van der Waals surface area contributed by atoms with E-state index in [0.717, 1.165) is 25.3 Å². The zero-order chi connectivity index (χ0) is 14.1. The number of hydrogen-bond acceptors (Lipinski definition) is 5. The number of hydrogen-bond donors (Lipinski definition) is 2. The highest BCUT2D eigenvalue weighted by Gasteiger charge is 2.25. The van der Waals surface area contributed by atoms with Crippen molar-refractivity contribution in [3.05, 3.63) is 42.0 Å². The number of rotatable bonds is 4. The first-order valence-electron chi connectivity index (χ1n) is 7.22.